The summed E-state index contributed by atoms with van der Waals surface area (Å²) < 4.78 is 27.3. The molecule has 7 heteroatoms. The highest BCUT2D eigenvalue weighted by Gasteiger charge is 2.44. The smallest absolute Gasteiger partial charge is 0.272 e. The van der Waals surface area contributed by atoms with Crippen molar-refractivity contribution in [3.63, 3.8) is 0 Å². The van der Waals surface area contributed by atoms with Crippen LogP contribution in [0, 0.1) is 6.92 Å². The first kappa shape index (κ1) is 16.6. The third-order valence-electron chi connectivity index (χ3n) is 5.52. The number of imidazole rings is 1. The summed E-state index contributed by atoms with van der Waals surface area (Å²) in [6.07, 6.45) is 6.51. The van der Waals surface area contributed by atoms with E-state index in [4.69, 9.17) is 0 Å². The van der Waals surface area contributed by atoms with Gasteiger partial charge in [0.2, 0.25) is 0 Å². The molecule has 1 saturated heterocycles. The summed E-state index contributed by atoms with van der Waals surface area (Å²) in [7, 11) is -3.13. The number of rotatable bonds is 3. The summed E-state index contributed by atoms with van der Waals surface area (Å²) >= 11 is 0. The summed E-state index contributed by atoms with van der Waals surface area (Å²) in [5.41, 5.74) is 1.94. The predicted molar refractivity (Wildman–Crippen MR) is 95.4 cm³/mol. The van der Waals surface area contributed by atoms with Crippen LogP contribution in [0.4, 0.5) is 0 Å². The van der Waals surface area contributed by atoms with Gasteiger partial charge in [0, 0.05) is 19.3 Å². The first-order chi connectivity index (χ1) is 12.0. The van der Waals surface area contributed by atoms with Crippen LogP contribution in [0.25, 0.3) is 5.65 Å². The maximum absolute atomic E-state index is 12.8. The molecule has 0 radical (unpaired) electrons. The number of likely N-dealkylation sites (tertiary alicyclic amines) is 1. The van der Waals surface area contributed by atoms with Crippen LogP contribution in [0.3, 0.4) is 0 Å². The van der Waals surface area contributed by atoms with E-state index in [-0.39, 0.29) is 11.2 Å². The normalized spacial score (nSPS) is 20.0. The molecule has 1 aliphatic carbocycles. The van der Waals surface area contributed by atoms with Crippen LogP contribution in [0.15, 0.2) is 24.4 Å². The molecule has 0 spiro atoms. The van der Waals surface area contributed by atoms with Gasteiger partial charge >= 0.3 is 0 Å². The molecule has 0 unspecified atom stereocenters. The van der Waals surface area contributed by atoms with Gasteiger partial charge in [-0.05, 0) is 31.9 Å². The Morgan fingerprint density at radius 2 is 1.84 bits per heavy atom. The van der Waals surface area contributed by atoms with Gasteiger partial charge in [0.25, 0.3) is 5.91 Å². The van der Waals surface area contributed by atoms with Gasteiger partial charge in [0.15, 0.2) is 9.84 Å². The highest BCUT2D eigenvalue weighted by Crippen LogP contribution is 2.30. The van der Waals surface area contributed by atoms with Crippen molar-refractivity contribution in [1.29, 1.82) is 0 Å². The minimum absolute atomic E-state index is 0.133. The van der Waals surface area contributed by atoms with Crippen molar-refractivity contribution >= 4 is 21.4 Å². The van der Waals surface area contributed by atoms with Crippen LogP contribution in [-0.2, 0) is 9.84 Å². The van der Waals surface area contributed by atoms with Gasteiger partial charge in [-0.25, -0.2) is 13.4 Å². The quantitative estimate of drug-likeness (QED) is 0.840. The fourth-order valence-corrected chi connectivity index (χ4v) is 6.31. The molecule has 0 N–H and O–H groups in total. The lowest BCUT2D eigenvalue weighted by atomic mass is 10.0. The number of amides is 1. The number of aromatic nitrogens is 2. The van der Waals surface area contributed by atoms with E-state index in [1.54, 1.807) is 9.30 Å². The van der Waals surface area contributed by atoms with Gasteiger partial charge in [-0.3, -0.25) is 9.20 Å². The Morgan fingerprint density at radius 3 is 2.56 bits per heavy atom. The number of hydrogen-bond donors (Lipinski definition) is 0. The molecule has 2 fully saturated rings. The van der Waals surface area contributed by atoms with E-state index in [9.17, 15) is 13.2 Å². The number of aryl methyl sites for hydroxylation is 1. The number of nitrogens with zero attached hydrogens (tertiary/aromatic N) is 3. The predicted octanol–water partition coefficient (Wildman–Crippen LogP) is 2.21. The van der Waals surface area contributed by atoms with E-state index in [1.807, 2.05) is 31.3 Å². The zero-order valence-corrected chi connectivity index (χ0v) is 15.2. The SMILES string of the molecule is Cc1nc2ccccn2c1C(=O)N1CC(S(=O)(=O)C2CCCCC2)C1. The molecule has 0 bridgehead atoms. The van der Waals surface area contributed by atoms with Gasteiger partial charge in [-0.1, -0.05) is 25.3 Å². The number of carbonyl (C=O) groups excluding carboxylic acids is 1. The van der Waals surface area contributed by atoms with E-state index in [1.165, 1.54) is 0 Å². The first-order valence-corrected chi connectivity index (χ1v) is 10.5. The van der Waals surface area contributed by atoms with Gasteiger partial charge in [-0.15, -0.1) is 0 Å². The van der Waals surface area contributed by atoms with Crippen molar-refractivity contribution in [1.82, 2.24) is 14.3 Å². The fraction of sp³-hybridized carbons (Fsp3) is 0.556. The Hall–Kier alpha value is -1.89. The Kier molecular flexibility index (Phi) is 4.06. The second kappa shape index (κ2) is 6.12. The Labute approximate surface area is 147 Å². The molecular weight excluding hydrogens is 338 g/mol. The number of fused-ring (bicyclic) bond motifs is 1. The topological polar surface area (TPSA) is 71.8 Å². The Morgan fingerprint density at radius 1 is 1.12 bits per heavy atom. The maximum atomic E-state index is 12.8. The monoisotopic (exact) mass is 361 g/mol. The van der Waals surface area contributed by atoms with E-state index < -0.39 is 15.1 Å². The third-order valence-corrected chi connectivity index (χ3v) is 8.15. The average molecular weight is 361 g/mol. The van der Waals surface area contributed by atoms with Crippen LogP contribution >= 0.6 is 0 Å². The van der Waals surface area contributed by atoms with Crippen LogP contribution in [0.1, 0.15) is 48.3 Å². The number of sulfone groups is 1. The van der Waals surface area contributed by atoms with E-state index >= 15 is 0 Å². The highest BCUT2D eigenvalue weighted by atomic mass is 32.2. The minimum Gasteiger partial charge on any atom is -0.335 e. The summed E-state index contributed by atoms with van der Waals surface area (Å²) in [6, 6.07) is 5.60. The Bertz CT molecular complexity index is 907. The standard InChI is InChI=1S/C18H23N3O3S/c1-13-17(21-10-6-5-9-16(21)19-13)18(22)20-11-15(12-20)25(23,24)14-7-3-2-4-8-14/h5-6,9-10,14-15H,2-4,7-8,11-12H2,1H3. The second-order valence-electron chi connectivity index (χ2n) is 7.16. The van der Waals surface area contributed by atoms with Gasteiger partial charge in [0.05, 0.1) is 16.2 Å². The first-order valence-electron chi connectivity index (χ1n) is 8.94. The van der Waals surface area contributed by atoms with Gasteiger partial charge < -0.3 is 4.90 Å². The van der Waals surface area contributed by atoms with Crippen molar-refractivity contribution in [3.05, 3.63) is 35.8 Å². The zero-order valence-electron chi connectivity index (χ0n) is 14.4. The summed E-state index contributed by atoms with van der Waals surface area (Å²) in [6.45, 7) is 2.42. The average Bonchev–Trinajstić information content (AvgIpc) is 2.89. The van der Waals surface area contributed by atoms with Gasteiger partial charge in [0.1, 0.15) is 11.3 Å². The highest BCUT2D eigenvalue weighted by molar-refractivity contribution is 7.92. The maximum Gasteiger partial charge on any atom is 0.272 e. The fourth-order valence-electron chi connectivity index (χ4n) is 4.00. The number of carbonyl (C=O) groups is 1. The largest absolute Gasteiger partial charge is 0.335 e. The summed E-state index contributed by atoms with van der Waals surface area (Å²) in [5.74, 6) is -0.133. The lowest BCUT2D eigenvalue weighted by Gasteiger charge is -2.40. The molecule has 1 amide bonds. The molecule has 2 aliphatic rings. The molecule has 1 aliphatic heterocycles. The van der Waals surface area contributed by atoms with Crippen molar-refractivity contribution in [2.75, 3.05) is 13.1 Å². The molecule has 25 heavy (non-hydrogen) atoms. The second-order valence-corrected chi connectivity index (χ2v) is 9.67. The molecule has 2 aromatic rings. The molecule has 134 valence electrons. The molecule has 6 nitrogen and oxygen atoms in total. The molecule has 4 rings (SSSR count). The van der Waals surface area contributed by atoms with E-state index in [2.05, 4.69) is 4.98 Å². The van der Waals surface area contributed by atoms with Crippen molar-refractivity contribution in [2.24, 2.45) is 0 Å². The third kappa shape index (κ3) is 2.74. The minimum atomic E-state index is -3.13. The summed E-state index contributed by atoms with van der Waals surface area (Å²) in [4.78, 5) is 18.9. The molecule has 1 saturated carbocycles. The van der Waals surface area contributed by atoms with Crippen LogP contribution in [0.2, 0.25) is 0 Å². The Balaban J connectivity index is 1.50. The van der Waals surface area contributed by atoms with E-state index in [0.717, 1.165) is 37.8 Å². The lowest BCUT2D eigenvalue weighted by molar-refractivity contribution is 0.0650. The number of hydrogen-bond acceptors (Lipinski definition) is 4. The van der Waals surface area contributed by atoms with Crippen molar-refractivity contribution in [3.8, 4) is 0 Å². The zero-order chi connectivity index (χ0) is 17.6. The van der Waals surface area contributed by atoms with Crippen LogP contribution in [-0.4, -0.2) is 52.2 Å². The van der Waals surface area contributed by atoms with Gasteiger partial charge in [-0.2, -0.15) is 0 Å². The summed E-state index contributed by atoms with van der Waals surface area (Å²) in [5, 5.41) is -0.611. The van der Waals surface area contributed by atoms with Crippen molar-refractivity contribution in [2.45, 2.75) is 49.5 Å². The van der Waals surface area contributed by atoms with Crippen LogP contribution < -0.4 is 0 Å². The molecule has 0 aromatic carbocycles. The molecular formula is C18H23N3O3S. The van der Waals surface area contributed by atoms with E-state index in [0.29, 0.717) is 24.5 Å². The number of pyridine rings is 1. The molecule has 0 atom stereocenters. The molecule has 2 aromatic heterocycles. The molecule has 3 heterocycles. The van der Waals surface area contributed by atoms with Crippen LogP contribution in [0.5, 0.6) is 0 Å². The van der Waals surface area contributed by atoms with Crippen molar-refractivity contribution < 1.29 is 13.2 Å². The lowest BCUT2D eigenvalue weighted by Crippen LogP contribution is -2.59.